The molecule has 4 amide bonds. The molecule has 3 unspecified atom stereocenters. The molecule has 1 aliphatic heterocycles. The van der Waals surface area contributed by atoms with Crippen LogP contribution in [-0.4, -0.2) is 28.4 Å². The second-order valence-electron chi connectivity index (χ2n) is 8.51. The summed E-state index contributed by atoms with van der Waals surface area (Å²) in [6, 6.07) is -0.476. The van der Waals surface area contributed by atoms with Gasteiger partial charge in [0.1, 0.15) is 5.54 Å². The maximum absolute atomic E-state index is 12.7. The topological polar surface area (TPSA) is 78.5 Å². The molecular formula is C18H27N3O3. The molecule has 132 valence electrons. The van der Waals surface area contributed by atoms with Crippen LogP contribution < -0.4 is 10.7 Å². The van der Waals surface area contributed by atoms with Crippen LogP contribution in [0.25, 0.3) is 0 Å². The van der Waals surface area contributed by atoms with Crippen molar-refractivity contribution in [3.05, 3.63) is 0 Å². The first kappa shape index (κ1) is 15.9. The molecule has 0 aromatic carbocycles. The summed E-state index contributed by atoms with van der Waals surface area (Å²) in [6.45, 7) is 2.17. The first-order valence-electron chi connectivity index (χ1n) is 9.43. The molecule has 0 radical (unpaired) electrons. The molecule has 1 saturated heterocycles. The van der Waals surface area contributed by atoms with Crippen LogP contribution in [0.15, 0.2) is 0 Å². The molecule has 0 aromatic rings. The normalized spacial score (nSPS) is 41.1. The van der Waals surface area contributed by atoms with E-state index in [1.807, 2.05) is 0 Å². The molecule has 6 heteroatoms. The van der Waals surface area contributed by atoms with Crippen molar-refractivity contribution in [2.45, 2.75) is 70.3 Å². The second-order valence-corrected chi connectivity index (χ2v) is 8.51. The SMILES string of the molecule is CC1CCC2(CC1)NC(=O)N(NC(=O)CC1CC3CCC1C3)C2=O. The van der Waals surface area contributed by atoms with E-state index >= 15 is 0 Å². The van der Waals surface area contributed by atoms with Crippen molar-refractivity contribution in [2.24, 2.45) is 23.7 Å². The van der Waals surface area contributed by atoms with Gasteiger partial charge in [-0.1, -0.05) is 13.3 Å². The van der Waals surface area contributed by atoms with Crippen LogP contribution in [0.5, 0.6) is 0 Å². The standard InChI is InChI=1S/C18H27N3O3/c1-11-4-6-18(7-5-11)16(23)21(17(24)19-18)20-15(22)10-14-9-12-2-3-13(14)8-12/h11-14H,2-10H2,1H3,(H,19,24)(H,20,22). The Morgan fingerprint density at radius 2 is 1.96 bits per heavy atom. The van der Waals surface area contributed by atoms with Crippen molar-refractivity contribution in [3.8, 4) is 0 Å². The highest BCUT2D eigenvalue weighted by Crippen LogP contribution is 2.49. The average molecular weight is 333 g/mol. The summed E-state index contributed by atoms with van der Waals surface area (Å²) in [5.41, 5.74) is 1.79. The number of imide groups is 1. The Kier molecular flexibility index (Phi) is 3.81. The molecule has 4 rings (SSSR count). The fourth-order valence-electron chi connectivity index (χ4n) is 5.35. The fraction of sp³-hybridized carbons (Fsp3) is 0.833. The lowest BCUT2D eigenvalue weighted by Crippen LogP contribution is -2.51. The number of carbonyl (C=O) groups excluding carboxylic acids is 3. The van der Waals surface area contributed by atoms with Gasteiger partial charge in [-0.3, -0.25) is 15.0 Å². The third-order valence-electron chi connectivity index (χ3n) is 6.86. The largest absolute Gasteiger partial charge is 0.344 e. The van der Waals surface area contributed by atoms with E-state index in [0.717, 1.165) is 30.2 Å². The number of hydrazine groups is 1. The third-order valence-corrected chi connectivity index (χ3v) is 6.86. The molecule has 3 saturated carbocycles. The van der Waals surface area contributed by atoms with Gasteiger partial charge < -0.3 is 5.32 Å². The number of hydrogen-bond acceptors (Lipinski definition) is 3. The zero-order valence-electron chi connectivity index (χ0n) is 14.3. The highest BCUT2D eigenvalue weighted by molar-refractivity contribution is 6.08. The lowest BCUT2D eigenvalue weighted by molar-refractivity contribution is -0.140. The van der Waals surface area contributed by atoms with Crippen LogP contribution in [0.4, 0.5) is 4.79 Å². The summed E-state index contributed by atoms with van der Waals surface area (Å²) in [5, 5.41) is 3.77. The van der Waals surface area contributed by atoms with E-state index in [0.29, 0.717) is 37.0 Å². The van der Waals surface area contributed by atoms with Crippen LogP contribution in [0.1, 0.15) is 64.7 Å². The van der Waals surface area contributed by atoms with E-state index in [9.17, 15) is 14.4 Å². The van der Waals surface area contributed by atoms with E-state index in [-0.39, 0.29) is 11.8 Å². The van der Waals surface area contributed by atoms with Gasteiger partial charge in [0.05, 0.1) is 0 Å². The number of urea groups is 1. The van der Waals surface area contributed by atoms with Crippen molar-refractivity contribution in [3.63, 3.8) is 0 Å². The van der Waals surface area contributed by atoms with Gasteiger partial charge in [0.25, 0.3) is 5.91 Å². The van der Waals surface area contributed by atoms with Gasteiger partial charge in [-0.05, 0) is 68.6 Å². The smallest absolute Gasteiger partial charge is 0.322 e. The molecule has 4 fully saturated rings. The molecule has 3 aliphatic carbocycles. The lowest BCUT2D eigenvalue weighted by Gasteiger charge is -2.33. The van der Waals surface area contributed by atoms with E-state index < -0.39 is 11.6 Å². The Balaban J connectivity index is 1.36. The third kappa shape index (κ3) is 2.60. The van der Waals surface area contributed by atoms with E-state index in [2.05, 4.69) is 17.7 Å². The predicted molar refractivity (Wildman–Crippen MR) is 87.4 cm³/mol. The van der Waals surface area contributed by atoms with Gasteiger partial charge in [-0.25, -0.2) is 4.79 Å². The van der Waals surface area contributed by atoms with Crippen molar-refractivity contribution >= 4 is 17.8 Å². The summed E-state index contributed by atoms with van der Waals surface area (Å²) in [4.78, 5) is 37.3. The Morgan fingerprint density at radius 3 is 2.58 bits per heavy atom. The van der Waals surface area contributed by atoms with Crippen LogP contribution in [0, 0.1) is 23.7 Å². The van der Waals surface area contributed by atoms with Crippen molar-refractivity contribution in [1.82, 2.24) is 15.8 Å². The van der Waals surface area contributed by atoms with Gasteiger partial charge in [0, 0.05) is 6.42 Å². The van der Waals surface area contributed by atoms with Crippen LogP contribution in [0.3, 0.4) is 0 Å². The molecule has 4 aliphatic rings. The number of fused-ring (bicyclic) bond motifs is 2. The van der Waals surface area contributed by atoms with Gasteiger partial charge in [0.15, 0.2) is 0 Å². The molecule has 2 N–H and O–H groups in total. The van der Waals surface area contributed by atoms with Crippen LogP contribution in [0.2, 0.25) is 0 Å². The molecule has 0 aromatic heterocycles. The Hall–Kier alpha value is -1.59. The summed E-state index contributed by atoms with van der Waals surface area (Å²) < 4.78 is 0. The molecular weight excluding hydrogens is 306 g/mol. The summed E-state index contributed by atoms with van der Waals surface area (Å²) in [7, 11) is 0. The monoisotopic (exact) mass is 333 g/mol. The summed E-state index contributed by atoms with van der Waals surface area (Å²) in [6.07, 6.45) is 8.53. The number of nitrogens with one attached hydrogen (secondary N) is 2. The summed E-state index contributed by atoms with van der Waals surface area (Å²) in [5.74, 6) is 1.99. The summed E-state index contributed by atoms with van der Waals surface area (Å²) >= 11 is 0. The van der Waals surface area contributed by atoms with Gasteiger partial charge in [-0.2, -0.15) is 5.01 Å². The number of hydrogen-bond donors (Lipinski definition) is 2. The molecule has 24 heavy (non-hydrogen) atoms. The zero-order valence-corrected chi connectivity index (χ0v) is 14.3. The number of nitrogens with zero attached hydrogens (tertiary/aromatic N) is 1. The van der Waals surface area contributed by atoms with Crippen LogP contribution >= 0.6 is 0 Å². The van der Waals surface area contributed by atoms with Crippen molar-refractivity contribution in [1.29, 1.82) is 0 Å². The van der Waals surface area contributed by atoms with Crippen molar-refractivity contribution in [2.75, 3.05) is 0 Å². The first-order valence-corrected chi connectivity index (χ1v) is 9.43. The number of rotatable bonds is 3. The quantitative estimate of drug-likeness (QED) is 0.778. The maximum atomic E-state index is 12.7. The number of amides is 4. The molecule has 6 nitrogen and oxygen atoms in total. The molecule has 1 spiro atoms. The van der Waals surface area contributed by atoms with Crippen LogP contribution in [-0.2, 0) is 9.59 Å². The molecule has 1 heterocycles. The Morgan fingerprint density at radius 1 is 1.21 bits per heavy atom. The van der Waals surface area contributed by atoms with Gasteiger partial charge in [0.2, 0.25) is 5.91 Å². The van der Waals surface area contributed by atoms with E-state index in [4.69, 9.17) is 0 Å². The minimum atomic E-state index is -0.788. The molecule has 3 atom stereocenters. The van der Waals surface area contributed by atoms with Gasteiger partial charge in [-0.15, -0.1) is 0 Å². The minimum absolute atomic E-state index is 0.197. The highest BCUT2D eigenvalue weighted by atomic mass is 16.2. The first-order chi connectivity index (χ1) is 11.5. The maximum Gasteiger partial charge on any atom is 0.344 e. The molecule has 2 bridgehead atoms. The van der Waals surface area contributed by atoms with Gasteiger partial charge >= 0.3 is 6.03 Å². The minimum Gasteiger partial charge on any atom is -0.322 e. The highest BCUT2D eigenvalue weighted by Gasteiger charge is 2.53. The average Bonchev–Trinajstić information content (AvgIpc) is 3.21. The Labute approximate surface area is 142 Å². The van der Waals surface area contributed by atoms with E-state index in [1.54, 1.807) is 0 Å². The number of carbonyl (C=O) groups is 3. The van der Waals surface area contributed by atoms with E-state index in [1.165, 1.54) is 19.3 Å². The predicted octanol–water partition coefficient (Wildman–Crippen LogP) is 2.34. The zero-order chi connectivity index (χ0) is 16.9. The Bertz CT molecular complexity index is 568. The lowest BCUT2D eigenvalue weighted by atomic mass is 9.77. The fourth-order valence-corrected chi connectivity index (χ4v) is 5.35. The van der Waals surface area contributed by atoms with Crippen molar-refractivity contribution < 1.29 is 14.4 Å². The second kappa shape index (κ2) is 5.74.